The van der Waals surface area contributed by atoms with E-state index in [0.717, 1.165) is 35.5 Å². The molecule has 0 saturated heterocycles. The average Bonchev–Trinajstić information content (AvgIpc) is 3.22. The number of rotatable bonds is 4. The van der Waals surface area contributed by atoms with Gasteiger partial charge in [-0.1, -0.05) is 6.07 Å². The molecule has 1 aliphatic heterocycles. The molecule has 0 bridgehead atoms. The van der Waals surface area contributed by atoms with Crippen molar-refractivity contribution < 1.29 is 44.6 Å². The van der Waals surface area contributed by atoms with E-state index in [1.807, 2.05) is 0 Å². The highest BCUT2D eigenvalue weighted by Gasteiger charge is 2.55. The van der Waals surface area contributed by atoms with Crippen molar-refractivity contribution in [3.63, 3.8) is 0 Å². The van der Waals surface area contributed by atoms with E-state index in [4.69, 9.17) is 0 Å². The molecule has 4 rings (SSSR count). The summed E-state index contributed by atoms with van der Waals surface area (Å²) < 4.78 is 118. The number of halogens is 9. The van der Waals surface area contributed by atoms with Gasteiger partial charge >= 0.3 is 18.5 Å². The molecule has 3 aromatic rings. The maximum atomic E-state index is 13.2. The first-order valence-corrected chi connectivity index (χ1v) is 9.91. The number of hydrogen-bond donors (Lipinski definition) is 2. The van der Waals surface area contributed by atoms with Crippen LogP contribution >= 0.6 is 0 Å². The number of β-amino-alcohol motifs (C(OH)–C–C–N with tert-alkyl or cyclic N) is 1. The van der Waals surface area contributed by atoms with Crippen molar-refractivity contribution >= 4 is 17.6 Å². The van der Waals surface area contributed by atoms with E-state index in [1.54, 1.807) is 0 Å². The van der Waals surface area contributed by atoms with Crippen LogP contribution in [0.2, 0.25) is 0 Å². The van der Waals surface area contributed by atoms with Crippen molar-refractivity contribution in [2.75, 3.05) is 16.8 Å². The van der Waals surface area contributed by atoms with Gasteiger partial charge in [-0.15, -0.1) is 0 Å². The van der Waals surface area contributed by atoms with E-state index in [9.17, 15) is 44.6 Å². The predicted molar refractivity (Wildman–Crippen MR) is 108 cm³/mol. The van der Waals surface area contributed by atoms with Gasteiger partial charge in [0.15, 0.2) is 11.4 Å². The Morgan fingerprint density at radius 1 is 0.865 bits per heavy atom. The molecule has 1 unspecified atom stereocenters. The smallest absolute Gasteiger partial charge is 0.375 e. The Labute approximate surface area is 200 Å². The largest absolute Gasteiger partial charge is 0.433 e. The maximum Gasteiger partial charge on any atom is 0.433 e. The summed E-state index contributed by atoms with van der Waals surface area (Å²) in [6, 6.07) is 4.41. The van der Waals surface area contributed by atoms with Crippen LogP contribution in [0, 0.1) is 0 Å². The highest BCUT2D eigenvalue weighted by Crippen LogP contribution is 2.37. The summed E-state index contributed by atoms with van der Waals surface area (Å²) in [5, 5.41) is 12.3. The summed E-state index contributed by atoms with van der Waals surface area (Å²) in [5.41, 5.74) is -6.59. The molecule has 0 spiro atoms. The lowest BCUT2D eigenvalue weighted by atomic mass is 10.1. The lowest BCUT2D eigenvalue weighted by Crippen LogP contribution is -2.47. The van der Waals surface area contributed by atoms with Crippen molar-refractivity contribution in [1.29, 1.82) is 0 Å². The fraction of sp³-hybridized carbons (Fsp3) is 0.250. The minimum Gasteiger partial charge on any atom is -0.375 e. The number of alkyl halides is 9. The van der Waals surface area contributed by atoms with E-state index in [-0.39, 0.29) is 5.69 Å². The standard InChI is InChI=1S/C20H12F9N7O/c21-18(22,23)12-3-1-2-11(32-12)14-33-15(31-10-4-6-30-13(8-10)19(24,25)26)35-16(34-14)36-7-5-17(37,9-36)20(27,28)29/h1-8,37H,9H2,(H,30,31,33,34,35). The summed E-state index contributed by atoms with van der Waals surface area (Å²) in [6.07, 6.45) is -12.7. The van der Waals surface area contributed by atoms with Crippen molar-refractivity contribution in [2.24, 2.45) is 0 Å². The quantitative estimate of drug-likeness (QED) is 0.461. The van der Waals surface area contributed by atoms with Gasteiger partial charge in [-0.3, -0.25) is 4.98 Å². The van der Waals surface area contributed by atoms with Crippen molar-refractivity contribution in [3.05, 3.63) is 60.2 Å². The number of aliphatic hydroxyl groups is 1. The first kappa shape index (κ1) is 26.1. The van der Waals surface area contributed by atoms with Gasteiger partial charge in [0.1, 0.15) is 17.1 Å². The van der Waals surface area contributed by atoms with E-state index in [2.05, 4.69) is 30.2 Å². The summed E-state index contributed by atoms with van der Waals surface area (Å²) in [4.78, 5) is 18.9. The maximum absolute atomic E-state index is 13.2. The lowest BCUT2D eigenvalue weighted by Gasteiger charge is -2.26. The van der Waals surface area contributed by atoms with Crippen LogP contribution in [0.15, 0.2) is 48.8 Å². The third-order valence-electron chi connectivity index (χ3n) is 4.89. The van der Waals surface area contributed by atoms with Gasteiger partial charge in [-0.2, -0.15) is 54.5 Å². The SMILES string of the molecule is OC1(C(F)(F)F)C=CN(c2nc(Nc3ccnc(C(F)(F)F)c3)nc(-c3cccc(C(F)(F)F)n3)n2)C1. The van der Waals surface area contributed by atoms with Gasteiger partial charge in [0.05, 0.1) is 6.54 Å². The van der Waals surface area contributed by atoms with Crippen molar-refractivity contribution in [1.82, 2.24) is 24.9 Å². The zero-order valence-electron chi connectivity index (χ0n) is 17.9. The Kier molecular flexibility index (Phi) is 6.21. The fourth-order valence-corrected chi connectivity index (χ4v) is 3.07. The van der Waals surface area contributed by atoms with Crippen LogP contribution in [0.3, 0.4) is 0 Å². The van der Waals surface area contributed by atoms with Gasteiger partial charge in [-0.25, -0.2) is 4.98 Å². The van der Waals surface area contributed by atoms with Crippen LogP contribution < -0.4 is 10.2 Å². The molecule has 1 atom stereocenters. The average molecular weight is 537 g/mol. The Morgan fingerprint density at radius 2 is 1.57 bits per heavy atom. The summed E-state index contributed by atoms with van der Waals surface area (Å²) in [6.45, 7) is -1.11. The molecule has 0 aromatic carbocycles. The first-order chi connectivity index (χ1) is 17.0. The lowest BCUT2D eigenvalue weighted by molar-refractivity contribution is -0.233. The molecule has 0 fully saturated rings. The monoisotopic (exact) mass is 537 g/mol. The first-order valence-electron chi connectivity index (χ1n) is 9.91. The second-order valence-electron chi connectivity index (χ2n) is 7.61. The van der Waals surface area contributed by atoms with E-state index < -0.39 is 65.5 Å². The molecular weight excluding hydrogens is 525 g/mol. The summed E-state index contributed by atoms with van der Waals surface area (Å²) in [5.74, 6) is -1.64. The van der Waals surface area contributed by atoms with Gasteiger partial charge in [0.2, 0.25) is 11.9 Å². The number of pyridine rings is 2. The van der Waals surface area contributed by atoms with Crippen LogP contribution in [0.1, 0.15) is 11.4 Å². The second kappa shape index (κ2) is 8.82. The van der Waals surface area contributed by atoms with Crippen LogP contribution in [-0.2, 0) is 12.4 Å². The zero-order chi connectivity index (χ0) is 27.2. The molecule has 0 radical (unpaired) electrons. The Balaban J connectivity index is 1.78. The van der Waals surface area contributed by atoms with Crippen LogP contribution in [0.4, 0.5) is 57.1 Å². The normalized spacial score (nSPS) is 18.4. The van der Waals surface area contributed by atoms with Crippen LogP contribution in [0.5, 0.6) is 0 Å². The molecule has 4 heterocycles. The van der Waals surface area contributed by atoms with Gasteiger partial charge in [0.25, 0.3) is 0 Å². The molecule has 8 nitrogen and oxygen atoms in total. The molecule has 0 amide bonds. The van der Waals surface area contributed by atoms with Crippen LogP contribution in [-0.4, -0.2) is 48.3 Å². The molecule has 3 aromatic heterocycles. The van der Waals surface area contributed by atoms with Crippen molar-refractivity contribution in [2.45, 2.75) is 24.1 Å². The Hall–Kier alpha value is -4.02. The minimum absolute atomic E-state index is 0.244. The van der Waals surface area contributed by atoms with E-state index >= 15 is 0 Å². The van der Waals surface area contributed by atoms with Crippen LogP contribution in [0.25, 0.3) is 11.5 Å². The molecule has 2 N–H and O–H groups in total. The Morgan fingerprint density at radius 3 is 2.19 bits per heavy atom. The molecule has 196 valence electrons. The van der Waals surface area contributed by atoms with E-state index in [0.29, 0.717) is 18.2 Å². The number of hydrogen-bond acceptors (Lipinski definition) is 8. The third kappa shape index (κ3) is 5.55. The predicted octanol–water partition coefficient (Wildman–Crippen LogP) is 4.74. The van der Waals surface area contributed by atoms with Crippen molar-refractivity contribution in [3.8, 4) is 11.5 Å². The van der Waals surface area contributed by atoms with Gasteiger partial charge in [-0.05, 0) is 30.3 Å². The second-order valence-corrected chi connectivity index (χ2v) is 7.61. The van der Waals surface area contributed by atoms with E-state index in [1.165, 1.54) is 0 Å². The zero-order valence-corrected chi connectivity index (χ0v) is 17.9. The fourth-order valence-electron chi connectivity index (χ4n) is 3.07. The number of aromatic nitrogens is 5. The number of anilines is 3. The molecule has 0 aliphatic carbocycles. The molecular formula is C20H12F9N7O. The molecule has 37 heavy (non-hydrogen) atoms. The third-order valence-corrected chi connectivity index (χ3v) is 4.89. The number of nitrogens with one attached hydrogen (secondary N) is 1. The topological polar surface area (TPSA) is 100.0 Å². The van der Waals surface area contributed by atoms with Gasteiger partial charge in [0, 0.05) is 18.1 Å². The number of nitrogens with zero attached hydrogens (tertiary/aromatic N) is 6. The summed E-state index contributed by atoms with van der Waals surface area (Å²) >= 11 is 0. The molecule has 1 aliphatic rings. The molecule has 17 heteroatoms. The Bertz CT molecular complexity index is 1340. The highest BCUT2D eigenvalue weighted by molar-refractivity contribution is 5.60. The minimum atomic E-state index is -5.08. The molecule has 0 saturated carbocycles. The highest BCUT2D eigenvalue weighted by atomic mass is 19.4. The van der Waals surface area contributed by atoms with Gasteiger partial charge < -0.3 is 15.3 Å². The summed E-state index contributed by atoms with van der Waals surface area (Å²) in [7, 11) is 0.